The Hall–Kier alpha value is -0.610. The average molecular weight is 228 g/mol. The molecule has 0 saturated carbocycles. The van der Waals surface area contributed by atoms with Crippen LogP contribution in [-0.2, 0) is 9.53 Å². The van der Waals surface area contributed by atoms with Crippen LogP contribution >= 0.6 is 0 Å². The van der Waals surface area contributed by atoms with E-state index in [4.69, 9.17) is 10.5 Å². The minimum absolute atomic E-state index is 0.0229. The first-order valence-corrected chi connectivity index (χ1v) is 6.15. The summed E-state index contributed by atoms with van der Waals surface area (Å²) in [5, 5.41) is 0. The van der Waals surface area contributed by atoms with E-state index in [2.05, 4.69) is 13.8 Å². The van der Waals surface area contributed by atoms with Gasteiger partial charge in [-0.3, -0.25) is 4.79 Å². The van der Waals surface area contributed by atoms with Gasteiger partial charge in [0.25, 0.3) is 0 Å². The van der Waals surface area contributed by atoms with Crippen LogP contribution in [0.2, 0.25) is 0 Å². The fourth-order valence-corrected chi connectivity index (χ4v) is 2.14. The second kappa shape index (κ2) is 6.21. The van der Waals surface area contributed by atoms with Crippen LogP contribution in [0.25, 0.3) is 0 Å². The van der Waals surface area contributed by atoms with Gasteiger partial charge in [-0.25, -0.2) is 0 Å². The van der Waals surface area contributed by atoms with E-state index >= 15 is 0 Å². The summed E-state index contributed by atoms with van der Waals surface area (Å²) in [6.45, 7) is 8.74. The highest BCUT2D eigenvalue weighted by Gasteiger charge is 2.27. The molecule has 4 heteroatoms. The van der Waals surface area contributed by atoms with E-state index in [0.29, 0.717) is 32.2 Å². The third-order valence-corrected chi connectivity index (χ3v) is 2.94. The molecule has 0 aromatic rings. The van der Waals surface area contributed by atoms with Crippen molar-refractivity contribution < 1.29 is 9.53 Å². The van der Waals surface area contributed by atoms with Crippen LogP contribution in [0.1, 0.15) is 27.2 Å². The van der Waals surface area contributed by atoms with E-state index in [-0.39, 0.29) is 17.9 Å². The molecule has 1 amide bonds. The molecule has 1 saturated heterocycles. The van der Waals surface area contributed by atoms with Crippen molar-refractivity contribution >= 4 is 5.91 Å². The standard InChI is InChI=1S/C12H24N2O2/c1-9(2)6-11(7-13)12(15)14-4-5-16-10(3)8-14/h9-11H,4-8,13H2,1-3H3. The Morgan fingerprint density at radius 3 is 2.75 bits per heavy atom. The number of carbonyl (C=O) groups is 1. The van der Waals surface area contributed by atoms with Gasteiger partial charge in [0.1, 0.15) is 0 Å². The number of amides is 1. The quantitative estimate of drug-likeness (QED) is 0.776. The van der Waals surface area contributed by atoms with E-state index in [1.54, 1.807) is 0 Å². The molecular formula is C12H24N2O2. The second-order valence-electron chi connectivity index (χ2n) is 5.03. The Kier molecular flexibility index (Phi) is 5.22. The molecule has 1 fully saturated rings. The molecule has 16 heavy (non-hydrogen) atoms. The Bertz CT molecular complexity index is 225. The highest BCUT2D eigenvalue weighted by molar-refractivity contribution is 5.79. The zero-order chi connectivity index (χ0) is 12.1. The van der Waals surface area contributed by atoms with Gasteiger partial charge in [0.2, 0.25) is 5.91 Å². The van der Waals surface area contributed by atoms with Crippen LogP contribution < -0.4 is 5.73 Å². The first-order valence-electron chi connectivity index (χ1n) is 6.15. The number of morpholine rings is 1. The topological polar surface area (TPSA) is 55.6 Å². The molecule has 94 valence electrons. The zero-order valence-electron chi connectivity index (χ0n) is 10.6. The molecule has 1 aliphatic heterocycles. The Labute approximate surface area is 98.1 Å². The van der Waals surface area contributed by atoms with Gasteiger partial charge in [-0.15, -0.1) is 0 Å². The number of nitrogens with two attached hydrogens (primary N) is 1. The summed E-state index contributed by atoms with van der Waals surface area (Å²) in [5.74, 6) is 0.688. The summed E-state index contributed by atoms with van der Waals surface area (Å²) >= 11 is 0. The summed E-state index contributed by atoms with van der Waals surface area (Å²) in [6.07, 6.45) is 1.02. The summed E-state index contributed by atoms with van der Waals surface area (Å²) in [5.41, 5.74) is 5.68. The van der Waals surface area contributed by atoms with Gasteiger partial charge < -0.3 is 15.4 Å². The molecule has 1 rings (SSSR count). The van der Waals surface area contributed by atoms with Gasteiger partial charge in [0, 0.05) is 19.6 Å². The van der Waals surface area contributed by atoms with E-state index in [0.717, 1.165) is 6.42 Å². The lowest BCUT2D eigenvalue weighted by atomic mass is 9.95. The lowest BCUT2D eigenvalue weighted by Crippen LogP contribution is -2.48. The molecule has 2 N–H and O–H groups in total. The van der Waals surface area contributed by atoms with Crippen molar-refractivity contribution in [1.82, 2.24) is 4.90 Å². The van der Waals surface area contributed by atoms with Crippen LogP contribution in [0.5, 0.6) is 0 Å². The number of rotatable bonds is 4. The molecule has 0 radical (unpaired) electrons. The molecule has 1 heterocycles. The third-order valence-electron chi connectivity index (χ3n) is 2.94. The van der Waals surface area contributed by atoms with E-state index in [1.807, 2.05) is 11.8 Å². The number of ether oxygens (including phenoxy) is 1. The molecule has 0 spiro atoms. The average Bonchev–Trinajstić information content (AvgIpc) is 2.24. The smallest absolute Gasteiger partial charge is 0.227 e. The largest absolute Gasteiger partial charge is 0.375 e. The normalized spacial score (nSPS) is 23.6. The van der Waals surface area contributed by atoms with Gasteiger partial charge in [-0.2, -0.15) is 0 Å². The van der Waals surface area contributed by atoms with Crippen LogP contribution in [0.3, 0.4) is 0 Å². The van der Waals surface area contributed by atoms with Crippen molar-refractivity contribution in [2.45, 2.75) is 33.3 Å². The maximum absolute atomic E-state index is 12.2. The Morgan fingerprint density at radius 2 is 2.25 bits per heavy atom. The highest BCUT2D eigenvalue weighted by atomic mass is 16.5. The van der Waals surface area contributed by atoms with Gasteiger partial charge >= 0.3 is 0 Å². The maximum atomic E-state index is 12.2. The molecule has 0 aliphatic carbocycles. The van der Waals surface area contributed by atoms with E-state index in [1.165, 1.54) is 0 Å². The van der Waals surface area contributed by atoms with Crippen molar-refractivity contribution in [2.75, 3.05) is 26.2 Å². The molecule has 0 bridgehead atoms. The lowest BCUT2D eigenvalue weighted by Gasteiger charge is -2.33. The molecule has 2 unspecified atom stereocenters. The van der Waals surface area contributed by atoms with Crippen molar-refractivity contribution in [3.05, 3.63) is 0 Å². The number of hydrogen-bond acceptors (Lipinski definition) is 3. The summed E-state index contributed by atoms with van der Waals surface area (Å²) in [4.78, 5) is 14.1. The molecule has 1 aliphatic rings. The van der Waals surface area contributed by atoms with E-state index in [9.17, 15) is 4.79 Å². The van der Waals surface area contributed by atoms with Crippen molar-refractivity contribution in [3.63, 3.8) is 0 Å². The Morgan fingerprint density at radius 1 is 1.56 bits per heavy atom. The predicted molar refractivity (Wildman–Crippen MR) is 64.0 cm³/mol. The maximum Gasteiger partial charge on any atom is 0.227 e. The first kappa shape index (κ1) is 13.5. The van der Waals surface area contributed by atoms with Gasteiger partial charge in [-0.05, 0) is 19.3 Å². The molecular weight excluding hydrogens is 204 g/mol. The summed E-state index contributed by atoms with van der Waals surface area (Å²) < 4.78 is 5.43. The monoisotopic (exact) mass is 228 g/mol. The summed E-state index contributed by atoms with van der Waals surface area (Å²) in [6, 6.07) is 0. The fraction of sp³-hybridized carbons (Fsp3) is 0.917. The van der Waals surface area contributed by atoms with Crippen molar-refractivity contribution in [1.29, 1.82) is 0 Å². The minimum Gasteiger partial charge on any atom is -0.375 e. The molecule has 0 aromatic carbocycles. The van der Waals surface area contributed by atoms with Crippen molar-refractivity contribution in [2.24, 2.45) is 17.6 Å². The number of nitrogens with zero attached hydrogens (tertiary/aromatic N) is 1. The van der Waals surface area contributed by atoms with Crippen molar-refractivity contribution in [3.8, 4) is 0 Å². The molecule has 0 aromatic heterocycles. The predicted octanol–water partition coefficient (Wildman–Crippen LogP) is 0.855. The Balaban J connectivity index is 2.52. The van der Waals surface area contributed by atoms with Gasteiger partial charge in [0.05, 0.1) is 18.6 Å². The van der Waals surface area contributed by atoms with E-state index < -0.39 is 0 Å². The van der Waals surface area contributed by atoms with Gasteiger partial charge in [-0.1, -0.05) is 13.8 Å². The number of carbonyl (C=O) groups excluding carboxylic acids is 1. The van der Waals surface area contributed by atoms with Crippen LogP contribution in [0, 0.1) is 11.8 Å². The molecule has 4 nitrogen and oxygen atoms in total. The number of hydrogen-bond donors (Lipinski definition) is 1. The lowest BCUT2D eigenvalue weighted by molar-refractivity contribution is -0.142. The third kappa shape index (κ3) is 3.76. The molecule has 2 atom stereocenters. The first-order chi connectivity index (χ1) is 7.54. The minimum atomic E-state index is -0.0229. The summed E-state index contributed by atoms with van der Waals surface area (Å²) in [7, 11) is 0. The van der Waals surface area contributed by atoms with Crippen LogP contribution in [0.4, 0.5) is 0 Å². The highest BCUT2D eigenvalue weighted by Crippen LogP contribution is 2.15. The fourth-order valence-electron chi connectivity index (χ4n) is 2.14. The SMILES string of the molecule is CC(C)CC(CN)C(=O)N1CCOC(C)C1. The van der Waals surface area contributed by atoms with Crippen LogP contribution in [0.15, 0.2) is 0 Å². The zero-order valence-corrected chi connectivity index (χ0v) is 10.6. The van der Waals surface area contributed by atoms with Crippen LogP contribution in [-0.4, -0.2) is 43.2 Å². The van der Waals surface area contributed by atoms with Gasteiger partial charge in [0.15, 0.2) is 0 Å². The second-order valence-corrected chi connectivity index (χ2v) is 5.03.